The molecule has 196 valence electrons. The summed E-state index contributed by atoms with van der Waals surface area (Å²) in [5.41, 5.74) is 2.33. The first-order chi connectivity index (χ1) is 18.0. The third-order valence-electron chi connectivity index (χ3n) is 7.64. The summed E-state index contributed by atoms with van der Waals surface area (Å²) in [5.74, 6) is 1.53. The monoisotopic (exact) mass is 523 g/mol. The molecule has 6 atom stereocenters. The summed E-state index contributed by atoms with van der Waals surface area (Å²) in [6, 6.07) is 10.1. The highest BCUT2D eigenvalue weighted by Gasteiger charge is 2.47. The van der Waals surface area contributed by atoms with Crippen molar-refractivity contribution in [3.05, 3.63) is 35.9 Å². The molecule has 1 aromatic carbocycles. The van der Waals surface area contributed by atoms with E-state index in [4.69, 9.17) is 9.97 Å². The second kappa shape index (κ2) is 10.2. The minimum Gasteiger partial charge on any atom is -0.390 e. The molecular weight excluding hydrogens is 490 g/mol. The zero-order valence-electron chi connectivity index (χ0n) is 20.8. The molecule has 2 aromatic heterocycles. The van der Waals surface area contributed by atoms with Gasteiger partial charge < -0.3 is 20.8 Å². The van der Waals surface area contributed by atoms with Gasteiger partial charge in [-0.05, 0) is 43.6 Å². The van der Waals surface area contributed by atoms with Gasteiger partial charge in [0.2, 0.25) is 5.91 Å². The Morgan fingerprint density at radius 3 is 2.70 bits per heavy atom. The van der Waals surface area contributed by atoms with Crippen LogP contribution in [0.2, 0.25) is 0 Å². The average Bonchev–Trinajstić information content (AvgIpc) is 3.83. The number of aliphatic hydroxyl groups excluding tert-OH is 2. The summed E-state index contributed by atoms with van der Waals surface area (Å²) in [6.45, 7) is 2.73. The third-order valence-corrected chi connectivity index (χ3v) is 8.70. The van der Waals surface area contributed by atoms with E-state index in [1.54, 1.807) is 16.4 Å². The second-order valence-electron chi connectivity index (χ2n) is 10.5. The Morgan fingerprint density at radius 1 is 1.14 bits per heavy atom. The number of nitrogens with one attached hydrogen (secondary N) is 2. The van der Waals surface area contributed by atoms with E-state index in [1.807, 2.05) is 6.07 Å². The number of carbonyl (C=O) groups is 1. The van der Waals surface area contributed by atoms with Crippen molar-refractivity contribution in [3.63, 3.8) is 0 Å². The number of thioether (sulfide) groups is 1. The van der Waals surface area contributed by atoms with Crippen LogP contribution in [-0.2, 0) is 4.79 Å². The summed E-state index contributed by atoms with van der Waals surface area (Å²) in [5, 5.41) is 37.5. The molecule has 2 unspecified atom stereocenters. The number of rotatable bonds is 10. The van der Waals surface area contributed by atoms with Crippen molar-refractivity contribution in [2.24, 2.45) is 11.8 Å². The van der Waals surface area contributed by atoms with Gasteiger partial charge in [-0.25, -0.2) is 14.6 Å². The molecule has 11 heteroatoms. The van der Waals surface area contributed by atoms with Crippen LogP contribution in [0.15, 0.2) is 35.5 Å². The van der Waals surface area contributed by atoms with Gasteiger partial charge in [0.1, 0.15) is 6.10 Å². The Bertz CT molecular complexity index is 1270. The first-order valence-electron chi connectivity index (χ1n) is 13.2. The SMILES string of the molecule is CCCSc1nc(NC2CC2c2ccccc2)c2nnn([C@H]3C[C@@H](C(=O)NCC4CC4)[C@H](O)[C@@H]3O)c2n1. The van der Waals surface area contributed by atoms with Crippen molar-refractivity contribution in [2.45, 2.75) is 74.4 Å². The molecule has 0 radical (unpaired) electrons. The number of benzene rings is 1. The van der Waals surface area contributed by atoms with Gasteiger partial charge in [0.15, 0.2) is 22.1 Å². The molecule has 6 rings (SSSR count). The predicted octanol–water partition coefficient (Wildman–Crippen LogP) is 2.50. The van der Waals surface area contributed by atoms with Crippen molar-refractivity contribution in [3.8, 4) is 0 Å². The maximum absolute atomic E-state index is 12.7. The number of aliphatic hydroxyl groups is 2. The number of carbonyl (C=O) groups excluding carboxylic acids is 1. The highest BCUT2D eigenvalue weighted by molar-refractivity contribution is 7.99. The fraction of sp³-hybridized carbons (Fsp3) is 0.577. The summed E-state index contributed by atoms with van der Waals surface area (Å²) in [7, 11) is 0. The maximum atomic E-state index is 12.7. The molecule has 0 saturated heterocycles. The van der Waals surface area contributed by atoms with Crippen LogP contribution < -0.4 is 10.6 Å². The minimum absolute atomic E-state index is 0.220. The van der Waals surface area contributed by atoms with E-state index in [-0.39, 0.29) is 18.4 Å². The smallest absolute Gasteiger partial charge is 0.225 e. The van der Waals surface area contributed by atoms with Gasteiger partial charge in [0, 0.05) is 24.3 Å². The fourth-order valence-electron chi connectivity index (χ4n) is 5.20. The summed E-state index contributed by atoms with van der Waals surface area (Å²) < 4.78 is 1.57. The van der Waals surface area contributed by atoms with E-state index in [2.05, 4.69) is 52.1 Å². The van der Waals surface area contributed by atoms with E-state index in [9.17, 15) is 15.0 Å². The fourth-order valence-corrected chi connectivity index (χ4v) is 5.89. The third kappa shape index (κ3) is 5.04. The molecule has 10 nitrogen and oxygen atoms in total. The minimum atomic E-state index is -1.17. The molecule has 4 N–H and O–H groups in total. The molecule has 0 aliphatic heterocycles. The topological polar surface area (TPSA) is 138 Å². The molecule has 2 heterocycles. The molecule has 0 spiro atoms. The molecule has 0 bridgehead atoms. The molecule has 3 aliphatic carbocycles. The van der Waals surface area contributed by atoms with E-state index in [1.165, 1.54) is 5.56 Å². The summed E-state index contributed by atoms with van der Waals surface area (Å²) in [4.78, 5) is 22.2. The Kier molecular flexibility index (Phi) is 6.76. The van der Waals surface area contributed by atoms with Crippen LogP contribution >= 0.6 is 11.8 Å². The molecular formula is C26H33N7O3S. The van der Waals surface area contributed by atoms with Crippen LogP contribution in [0.1, 0.15) is 56.6 Å². The van der Waals surface area contributed by atoms with Crippen molar-refractivity contribution < 1.29 is 15.0 Å². The molecule has 3 aromatic rings. The quantitative estimate of drug-likeness (QED) is 0.233. The van der Waals surface area contributed by atoms with Crippen LogP contribution in [0, 0.1) is 11.8 Å². The van der Waals surface area contributed by atoms with Gasteiger partial charge >= 0.3 is 0 Å². The van der Waals surface area contributed by atoms with Crippen LogP contribution in [0.25, 0.3) is 11.2 Å². The van der Waals surface area contributed by atoms with Crippen molar-refractivity contribution >= 4 is 34.7 Å². The van der Waals surface area contributed by atoms with Gasteiger partial charge in [-0.15, -0.1) is 5.10 Å². The lowest BCUT2D eigenvalue weighted by molar-refractivity contribution is -0.128. The zero-order valence-corrected chi connectivity index (χ0v) is 21.6. The van der Waals surface area contributed by atoms with Crippen LogP contribution in [0.4, 0.5) is 5.82 Å². The second-order valence-corrected chi connectivity index (χ2v) is 11.6. The lowest BCUT2D eigenvalue weighted by Crippen LogP contribution is -2.38. The van der Waals surface area contributed by atoms with Crippen LogP contribution in [0.3, 0.4) is 0 Å². The van der Waals surface area contributed by atoms with Gasteiger partial charge in [-0.1, -0.05) is 54.2 Å². The Balaban J connectivity index is 1.26. The van der Waals surface area contributed by atoms with Crippen LogP contribution in [-0.4, -0.2) is 71.6 Å². The van der Waals surface area contributed by atoms with Gasteiger partial charge in [0.25, 0.3) is 0 Å². The lowest BCUT2D eigenvalue weighted by atomic mass is 10.0. The lowest BCUT2D eigenvalue weighted by Gasteiger charge is -2.17. The Labute approximate surface area is 219 Å². The number of hydrogen-bond acceptors (Lipinski definition) is 9. The maximum Gasteiger partial charge on any atom is 0.225 e. The van der Waals surface area contributed by atoms with E-state index in [0.717, 1.165) is 31.4 Å². The first kappa shape index (κ1) is 24.6. The van der Waals surface area contributed by atoms with Gasteiger partial charge in [0.05, 0.1) is 18.1 Å². The highest BCUT2D eigenvalue weighted by Crippen LogP contribution is 2.44. The number of anilines is 1. The molecule has 1 amide bonds. The Hall–Kier alpha value is -2.76. The molecule has 3 aliphatic rings. The van der Waals surface area contributed by atoms with Crippen LogP contribution in [0.5, 0.6) is 0 Å². The number of nitrogens with zero attached hydrogens (tertiary/aromatic N) is 5. The number of aromatic nitrogens is 5. The van der Waals surface area contributed by atoms with Crippen molar-refractivity contribution in [1.29, 1.82) is 0 Å². The number of hydrogen-bond donors (Lipinski definition) is 4. The largest absolute Gasteiger partial charge is 0.390 e. The van der Waals surface area contributed by atoms with Crippen molar-refractivity contribution in [2.75, 3.05) is 17.6 Å². The van der Waals surface area contributed by atoms with E-state index < -0.39 is 24.2 Å². The summed E-state index contributed by atoms with van der Waals surface area (Å²) in [6.07, 6.45) is 2.19. The molecule has 37 heavy (non-hydrogen) atoms. The van der Waals surface area contributed by atoms with Gasteiger partial charge in [-0.2, -0.15) is 0 Å². The number of amides is 1. The Morgan fingerprint density at radius 2 is 1.95 bits per heavy atom. The summed E-state index contributed by atoms with van der Waals surface area (Å²) >= 11 is 1.56. The predicted molar refractivity (Wildman–Crippen MR) is 140 cm³/mol. The molecule has 3 saturated carbocycles. The van der Waals surface area contributed by atoms with Gasteiger partial charge in [-0.3, -0.25) is 4.79 Å². The highest BCUT2D eigenvalue weighted by atomic mass is 32.2. The average molecular weight is 524 g/mol. The molecule has 3 fully saturated rings. The number of fused-ring (bicyclic) bond motifs is 1. The first-order valence-corrected chi connectivity index (χ1v) is 14.2. The standard InChI is InChI=1S/C26H33N7O3S/c1-2-10-37-26-29-23(28-18-11-16(18)15-6-4-3-5-7-15)20-24(30-26)33(32-31-20)19-12-17(21(34)22(19)35)25(36)27-13-14-8-9-14/h3-7,14,16-19,21-22,34-35H,2,8-13H2,1H3,(H,27,36)(H,28,29,30)/t16?,17-,18?,19+,21+,22-/m1/s1. The van der Waals surface area contributed by atoms with E-state index >= 15 is 0 Å². The van der Waals surface area contributed by atoms with Crippen molar-refractivity contribution in [1.82, 2.24) is 30.3 Å². The van der Waals surface area contributed by atoms with E-state index in [0.29, 0.717) is 40.5 Å². The normalized spacial score (nSPS) is 28.9. The zero-order chi connectivity index (χ0) is 25.5.